The highest BCUT2D eigenvalue weighted by Gasteiger charge is 2.43. The first-order chi connectivity index (χ1) is 11.1. The highest BCUT2D eigenvalue weighted by Crippen LogP contribution is 2.43. The van der Waals surface area contributed by atoms with Crippen LogP contribution in [0, 0.1) is 0 Å². The molecule has 5 nitrogen and oxygen atoms in total. The Kier molecular flexibility index (Phi) is 3.85. The van der Waals surface area contributed by atoms with Gasteiger partial charge in [-0.25, -0.2) is 14.8 Å². The average Bonchev–Trinajstić information content (AvgIpc) is 2.86. The van der Waals surface area contributed by atoms with Gasteiger partial charge in [0.15, 0.2) is 0 Å². The first-order valence-corrected chi connectivity index (χ1v) is 9.05. The molecule has 118 valence electrons. The van der Waals surface area contributed by atoms with E-state index in [1.54, 1.807) is 6.33 Å². The van der Waals surface area contributed by atoms with Crippen LogP contribution < -0.4 is 5.32 Å². The second-order valence-corrected chi connectivity index (χ2v) is 7.55. The van der Waals surface area contributed by atoms with E-state index in [0.29, 0.717) is 0 Å². The third-order valence-corrected chi connectivity index (χ3v) is 6.40. The molecule has 23 heavy (non-hydrogen) atoms. The lowest BCUT2D eigenvalue weighted by Gasteiger charge is -2.35. The van der Waals surface area contributed by atoms with E-state index in [0.717, 1.165) is 45.2 Å². The van der Waals surface area contributed by atoms with E-state index in [2.05, 4.69) is 47.1 Å². The van der Waals surface area contributed by atoms with Crippen molar-refractivity contribution >= 4 is 43.6 Å². The Bertz CT molecular complexity index is 782. The van der Waals surface area contributed by atoms with Crippen LogP contribution in [-0.2, 0) is 6.42 Å². The molecule has 2 amide bonds. The Morgan fingerprint density at radius 3 is 2.96 bits per heavy atom. The predicted octanol–water partition coefficient (Wildman–Crippen LogP) is 4.30. The van der Waals surface area contributed by atoms with Crippen molar-refractivity contribution in [1.29, 1.82) is 0 Å². The van der Waals surface area contributed by atoms with Crippen LogP contribution in [0.15, 0.2) is 39.7 Å². The third kappa shape index (κ3) is 2.65. The molecule has 2 bridgehead atoms. The summed E-state index contributed by atoms with van der Waals surface area (Å²) in [5.74, 6) is 0. The zero-order valence-electron chi connectivity index (χ0n) is 12.2. The van der Waals surface area contributed by atoms with Crippen LogP contribution in [0.2, 0.25) is 0 Å². The number of nitrogens with one attached hydrogen (secondary N) is 1. The Morgan fingerprint density at radius 2 is 2.13 bits per heavy atom. The largest absolute Gasteiger partial charge is 0.322 e. The second kappa shape index (κ2) is 5.87. The van der Waals surface area contributed by atoms with E-state index < -0.39 is 0 Å². The quantitative estimate of drug-likeness (QED) is 0.723. The van der Waals surface area contributed by atoms with Crippen molar-refractivity contribution < 1.29 is 4.79 Å². The summed E-state index contributed by atoms with van der Waals surface area (Å²) in [5.41, 5.74) is 2.95. The molecule has 0 saturated carbocycles. The summed E-state index contributed by atoms with van der Waals surface area (Å²) in [6, 6.07) is 5.94. The monoisotopic (exact) mass is 436 g/mol. The number of urea groups is 1. The van der Waals surface area contributed by atoms with Gasteiger partial charge in [-0.2, -0.15) is 0 Å². The molecule has 0 aliphatic carbocycles. The van der Waals surface area contributed by atoms with Gasteiger partial charge in [0, 0.05) is 38.9 Å². The summed E-state index contributed by atoms with van der Waals surface area (Å²) in [5, 5.41) is 3.01. The van der Waals surface area contributed by atoms with Crippen molar-refractivity contribution in [1.82, 2.24) is 14.9 Å². The molecule has 2 atom stereocenters. The van der Waals surface area contributed by atoms with Gasteiger partial charge in [0.25, 0.3) is 0 Å². The SMILES string of the molecule is O=C(Nc1ccc(Br)c(Br)c1)N1C2CCC1c1cncnc1C2. The maximum absolute atomic E-state index is 12.8. The van der Waals surface area contributed by atoms with Crippen LogP contribution in [0.25, 0.3) is 0 Å². The number of rotatable bonds is 1. The standard InChI is InChI=1S/C16H14Br2N4O/c17-12-3-1-9(5-13(12)18)21-16(23)22-10-2-4-15(22)11-7-19-8-20-14(11)6-10/h1,3,5,7-8,10,15H,2,4,6H2,(H,21,23). The lowest BCUT2D eigenvalue weighted by Crippen LogP contribution is -2.44. The Morgan fingerprint density at radius 1 is 1.26 bits per heavy atom. The minimum atomic E-state index is -0.0544. The van der Waals surface area contributed by atoms with Crippen molar-refractivity contribution in [3.05, 3.63) is 50.9 Å². The van der Waals surface area contributed by atoms with E-state index in [1.807, 2.05) is 29.3 Å². The summed E-state index contributed by atoms with van der Waals surface area (Å²) in [6.07, 6.45) is 6.24. The normalized spacial score (nSPS) is 21.9. The molecule has 1 aromatic carbocycles. The summed E-state index contributed by atoms with van der Waals surface area (Å²) in [7, 11) is 0. The maximum Gasteiger partial charge on any atom is 0.322 e. The Balaban J connectivity index is 1.59. The van der Waals surface area contributed by atoms with Gasteiger partial charge in [-0.1, -0.05) is 0 Å². The van der Waals surface area contributed by atoms with Gasteiger partial charge in [-0.05, 0) is 62.9 Å². The van der Waals surface area contributed by atoms with Crippen LogP contribution in [0.4, 0.5) is 10.5 Å². The van der Waals surface area contributed by atoms with Crippen molar-refractivity contribution in [2.45, 2.75) is 31.3 Å². The highest BCUT2D eigenvalue weighted by atomic mass is 79.9. The molecule has 0 radical (unpaired) electrons. The molecule has 1 fully saturated rings. The average molecular weight is 438 g/mol. The zero-order chi connectivity index (χ0) is 16.0. The topological polar surface area (TPSA) is 58.1 Å². The Hall–Kier alpha value is -1.47. The second-order valence-electron chi connectivity index (χ2n) is 5.84. The number of fused-ring (bicyclic) bond motifs is 4. The Labute approximate surface area is 150 Å². The number of benzene rings is 1. The van der Waals surface area contributed by atoms with Crippen LogP contribution in [0.3, 0.4) is 0 Å². The number of anilines is 1. The van der Waals surface area contributed by atoms with Crippen molar-refractivity contribution in [2.75, 3.05) is 5.32 Å². The number of carbonyl (C=O) groups is 1. The van der Waals surface area contributed by atoms with E-state index >= 15 is 0 Å². The summed E-state index contributed by atoms with van der Waals surface area (Å²) >= 11 is 6.90. The molecule has 1 N–H and O–H groups in total. The van der Waals surface area contributed by atoms with Gasteiger partial charge in [0.05, 0.1) is 11.7 Å². The van der Waals surface area contributed by atoms with Crippen LogP contribution in [0.1, 0.15) is 30.1 Å². The molecular weight excluding hydrogens is 424 g/mol. The first-order valence-electron chi connectivity index (χ1n) is 7.46. The molecule has 2 unspecified atom stereocenters. The van der Waals surface area contributed by atoms with Gasteiger partial charge in [-0.15, -0.1) is 0 Å². The third-order valence-electron chi connectivity index (χ3n) is 4.52. The van der Waals surface area contributed by atoms with Gasteiger partial charge < -0.3 is 10.2 Å². The molecule has 2 aliphatic heterocycles. The van der Waals surface area contributed by atoms with E-state index in [9.17, 15) is 4.79 Å². The maximum atomic E-state index is 12.8. The molecule has 1 saturated heterocycles. The molecule has 2 aliphatic rings. The lowest BCUT2D eigenvalue weighted by molar-refractivity contribution is 0.178. The number of halogens is 2. The van der Waals surface area contributed by atoms with Crippen molar-refractivity contribution in [3.8, 4) is 0 Å². The fourth-order valence-electron chi connectivity index (χ4n) is 3.50. The fraction of sp³-hybridized carbons (Fsp3) is 0.312. The molecule has 2 aromatic rings. The molecular formula is C16H14Br2N4O. The summed E-state index contributed by atoms with van der Waals surface area (Å²) < 4.78 is 1.87. The fourth-order valence-corrected chi connectivity index (χ4v) is 4.12. The number of nitrogens with zero attached hydrogens (tertiary/aromatic N) is 3. The molecule has 3 heterocycles. The van der Waals surface area contributed by atoms with Crippen LogP contribution in [-0.4, -0.2) is 26.9 Å². The molecule has 7 heteroatoms. The molecule has 0 spiro atoms. The van der Waals surface area contributed by atoms with Gasteiger partial charge in [0.2, 0.25) is 0 Å². The van der Waals surface area contributed by atoms with Gasteiger partial charge in [0.1, 0.15) is 6.33 Å². The summed E-state index contributed by atoms with van der Waals surface area (Å²) in [6.45, 7) is 0. The minimum absolute atomic E-state index is 0.0544. The smallest absolute Gasteiger partial charge is 0.314 e. The number of carbonyl (C=O) groups excluding carboxylic acids is 1. The van der Waals surface area contributed by atoms with Gasteiger partial charge in [-0.3, -0.25) is 0 Å². The van der Waals surface area contributed by atoms with Crippen LogP contribution in [0.5, 0.6) is 0 Å². The first kappa shape index (κ1) is 15.1. The van der Waals surface area contributed by atoms with E-state index in [1.165, 1.54) is 0 Å². The van der Waals surface area contributed by atoms with E-state index in [-0.39, 0.29) is 18.1 Å². The number of aromatic nitrogens is 2. The lowest BCUT2D eigenvalue weighted by atomic mass is 10.00. The zero-order valence-corrected chi connectivity index (χ0v) is 15.3. The predicted molar refractivity (Wildman–Crippen MR) is 94.2 cm³/mol. The minimum Gasteiger partial charge on any atom is -0.314 e. The van der Waals surface area contributed by atoms with Crippen molar-refractivity contribution in [3.63, 3.8) is 0 Å². The highest BCUT2D eigenvalue weighted by molar-refractivity contribution is 9.13. The van der Waals surface area contributed by atoms with E-state index in [4.69, 9.17) is 0 Å². The van der Waals surface area contributed by atoms with Crippen molar-refractivity contribution in [2.24, 2.45) is 0 Å². The van der Waals surface area contributed by atoms with Gasteiger partial charge >= 0.3 is 6.03 Å². The molecule has 4 rings (SSSR count). The molecule has 1 aromatic heterocycles. The number of hydrogen-bond donors (Lipinski definition) is 1. The number of hydrogen-bond acceptors (Lipinski definition) is 3. The number of amides is 2. The summed E-state index contributed by atoms with van der Waals surface area (Å²) in [4.78, 5) is 23.3. The van der Waals surface area contributed by atoms with Crippen LogP contribution >= 0.6 is 31.9 Å².